The predicted octanol–water partition coefficient (Wildman–Crippen LogP) is 4.73. The molecule has 0 aromatic heterocycles. The Morgan fingerprint density at radius 1 is 1.05 bits per heavy atom. The van der Waals surface area contributed by atoms with Crippen LogP contribution in [0.15, 0.2) is 42.5 Å². The van der Waals surface area contributed by atoms with Crippen molar-refractivity contribution in [2.75, 3.05) is 6.54 Å². The molecule has 0 radical (unpaired) electrons. The lowest BCUT2D eigenvalue weighted by atomic mass is 9.87. The standard InChI is InChI=1S/C18H21F2N/c1-4-21-18(13(3)14-8-6-5-7-9-14)16-15(19)11-10-12(2)17(16)20/h5-11,13,18,21H,4H2,1-3H3. The van der Waals surface area contributed by atoms with Gasteiger partial charge in [0.2, 0.25) is 0 Å². The minimum Gasteiger partial charge on any atom is -0.310 e. The van der Waals surface area contributed by atoms with E-state index in [2.05, 4.69) is 5.32 Å². The molecule has 3 heteroatoms. The maximum atomic E-state index is 14.4. The summed E-state index contributed by atoms with van der Waals surface area (Å²) in [5.74, 6) is -0.979. The fourth-order valence-electron chi connectivity index (χ4n) is 2.66. The van der Waals surface area contributed by atoms with E-state index >= 15 is 0 Å². The number of aryl methyl sites for hydroxylation is 1. The van der Waals surface area contributed by atoms with E-state index in [9.17, 15) is 8.78 Å². The van der Waals surface area contributed by atoms with Crippen molar-refractivity contribution in [3.63, 3.8) is 0 Å². The van der Waals surface area contributed by atoms with E-state index in [-0.39, 0.29) is 11.5 Å². The maximum absolute atomic E-state index is 14.4. The number of benzene rings is 2. The summed E-state index contributed by atoms with van der Waals surface area (Å²) in [7, 11) is 0. The zero-order valence-corrected chi connectivity index (χ0v) is 12.7. The van der Waals surface area contributed by atoms with Crippen LogP contribution in [0.3, 0.4) is 0 Å². The second-order valence-electron chi connectivity index (χ2n) is 5.33. The number of hydrogen-bond acceptors (Lipinski definition) is 1. The van der Waals surface area contributed by atoms with Gasteiger partial charge in [-0.15, -0.1) is 0 Å². The molecule has 112 valence electrons. The third-order valence-electron chi connectivity index (χ3n) is 3.88. The number of nitrogens with one attached hydrogen (secondary N) is 1. The molecule has 0 aliphatic heterocycles. The van der Waals surface area contributed by atoms with Gasteiger partial charge >= 0.3 is 0 Å². The molecule has 21 heavy (non-hydrogen) atoms. The molecule has 0 aliphatic carbocycles. The zero-order valence-electron chi connectivity index (χ0n) is 12.7. The fourth-order valence-corrected chi connectivity index (χ4v) is 2.66. The molecule has 0 fully saturated rings. The number of rotatable bonds is 5. The van der Waals surface area contributed by atoms with Crippen molar-refractivity contribution in [3.05, 3.63) is 70.8 Å². The molecule has 0 saturated heterocycles. The first-order chi connectivity index (χ1) is 10.1. The topological polar surface area (TPSA) is 12.0 Å². The Morgan fingerprint density at radius 2 is 1.71 bits per heavy atom. The van der Waals surface area contributed by atoms with Crippen LogP contribution >= 0.6 is 0 Å². The Hall–Kier alpha value is -1.74. The Bertz CT molecular complexity index is 596. The molecule has 1 N–H and O–H groups in total. The first-order valence-corrected chi connectivity index (χ1v) is 7.29. The van der Waals surface area contributed by atoms with E-state index in [1.165, 1.54) is 12.1 Å². The van der Waals surface area contributed by atoms with Crippen LogP contribution < -0.4 is 5.32 Å². The Balaban J connectivity index is 2.47. The van der Waals surface area contributed by atoms with E-state index < -0.39 is 17.7 Å². The third-order valence-corrected chi connectivity index (χ3v) is 3.88. The summed E-state index contributed by atoms with van der Waals surface area (Å²) in [6, 6.07) is 12.2. The first kappa shape index (κ1) is 15.6. The molecule has 2 aromatic rings. The minimum absolute atomic E-state index is 0.0306. The molecule has 0 spiro atoms. The highest BCUT2D eigenvalue weighted by Crippen LogP contribution is 2.34. The summed E-state index contributed by atoms with van der Waals surface area (Å²) < 4.78 is 28.6. The summed E-state index contributed by atoms with van der Waals surface area (Å²) in [5, 5.41) is 3.23. The fraction of sp³-hybridized carbons (Fsp3) is 0.333. The average molecular weight is 289 g/mol. The van der Waals surface area contributed by atoms with Gasteiger partial charge in [0, 0.05) is 17.5 Å². The lowest BCUT2D eigenvalue weighted by Gasteiger charge is -2.27. The molecule has 2 rings (SSSR count). The quantitative estimate of drug-likeness (QED) is 0.839. The third kappa shape index (κ3) is 3.30. The van der Waals surface area contributed by atoms with Crippen molar-refractivity contribution in [1.82, 2.24) is 5.32 Å². The highest BCUT2D eigenvalue weighted by molar-refractivity contribution is 5.33. The summed E-state index contributed by atoms with van der Waals surface area (Å²) in [6.07, 6.45) is 0. The second kappa shape index (κ2) is 6.81. The average Bonchev–Trinajstić information content (AvgIpc) is 2.50. The van der Waals surface area contributed by atoms with Crippen LogP contribution in [0.1, 0.15) is 42.5 Å². The van der Waals surface area contributed by atoms with E-state index in [0.29, 0.717) is 12.1 Å². The van der Waals surface area contributed by atoms with Crippen molar-refractivity contribution in [2.24, 2.45) is 0 Å². The monoisotopic (exact) mass is 289 g/mol. The lowest BCUT2D eigenvalue weighted by Crippen LogP contribution is -2.28. The predicted molar refractivity (Wildman–Crippen MR) is 82.4 cm³/mol. The molecule has 1 nitrogen and oxygen atoms in total. The van der Waals surface area contributed by atoms with Crippen molar-refractivity contribution in [1.29, 1.82) is 0 Å². The molecule has 2 atom stereocenters. The SMILES string of the molecule is CCNC(c1c(F)ccc(C)c1F)C(C)c1ccccc1. The molecular weight excluding hydrogens is 268 g/mol. The smallest absolute Gasteiger partial charge is 0.133 e. The summed E-state index contributed by atoms with van der Waals surface area (Å²) in [4.78, 5) is 0. The maximum Gasteiger partial charge on any atom is 0.133 e. The lowest BCUT2D eigenvalue weighted by molar-refractivity contribution is 0.429. The molecule has 0 heterocycles. The molecule has 0 saturated carbocycles. The van der Waals surface area contributed by atoms with E-state index in [1.54, 1.807) is 6.92 Å². The van der Waals surface area contributed by atoms with E-state index in [4.69, 9.17) is 0 Å². The summed E-state index contributed by atoms with van der Waals surface area (Å²) in [5.41, 5.74) is 1.66. The van der Waals surface area contributed by atoms with Crippen LogP contribution in [0, 0.1) is 18.6 Å². The summed E-state index contributed by atoms with van der Waals surface area (Å²) >= 11 is 0. The van der Waals surface area contributed by atoms with Gasteiger partial charge in [0.25, 0.3) is 0 Å². The van der Waals surface area contributed by atoms with Crippen LogP contribution in [0.5, 0.6) is 0 Å². The van der Waals surface area contributed by atoms with Crippen LogP contribution in [0.25, 0.3) is 0 Å². The highest BCUT2D eigenvalue weighted by Gasteiger charge is 2.26. The Labute approximate surface area is 125 Å². The molecule has 2 aromatic carbocycles. The van der Waals surface area contributed by atoms with Gasteiger partial charge in [-0.25, -0.2) is 8.78 Å². The van der Waals surface area contributed by atoms with E-state index in [1.807, 2.05) is 44.2 Å². The zero-order chi connectivity index (χ0) is 15.4. The number of hydrogen-bond donors (Lipinski definition) is 1. The summed E-state index contributed by atoms with van der Waals surface area (Å²) in [6.45, 7) is 6.24. The van der Waals surface area contributed by atoms with Gasteiger partial charge in [0.1, 0.15) is 11.6 Å². The van der Waals surface area contributed by atoms with Gasteiger partial charge in [-0.3, -0.25) is 0 Å². The van der Waals surface area contributed by atoms with Gasteiger partial charge in [-0.2, -0.15) is 0 Å². The largest absolute Gasteiger partial charge is 0.310 e. The van der Waals surface area contributed by atoms with Gasteiger partial charge in [0.15, 0.2) is 0 Å². The van der Waals surface area contributed by atoms with Crippen molar-refractivity contribution < 1.29 is 8.78 Å². The normalized spacial score (nSPS) is 14.0. The van der Waals surface area contributed by atoms with Crippen LogP contribution in [0.4, 0.5) is 8.78 Å². The molecule has 0 amide bonds. The van der Waals surface area contributed by atoms with Crippen LogP contribution in [-0.4, -0.2) is 6.54 Å². The van der Waals surface area contributed by atoms with Crippen LogP contribution in [-0.2, 0) is 0 Å². The molecule has 0 bridgehead atoms. The Morgan fingerprint density at radius 3 is 2.33 bits per heavy atom. The van der Waals surface area contributed by atoms with Crippen molar-refractivity contribution in [3.8, 4) is 0 Å². The van der Waals surface area contributed by atoms with Gasteiger partial charge in [0.05, 0.1) is 0 Å². The number of halogens is 2. The van der Waals surface area contributed by atoms with Gasteiger partial charge in [-0.1, -0.05) is 50.2 Å². The van der Waals surface area contributed by atoms with Crippen molar-refractivity contribution >= 4 is 0 Å². The molecule has 2 unspecified atom stereocenters. The van der Waals surface area contributed by atoms with Gasteiger partial charge < -0.3 is 5.32 Å². The second-order valence-corrected chi connectivity index (χ2v) is 5.33. The molecule has 0 aliphatic rings. The van der Waals surface area contributed by atoms with Gasteiger partial charge in [-0.05, 0) is 30.7 Å². The van der Waals surface area contributed by atoms with Crippen LogP contribution in [0.2, 0.25) is 0 Å². The minimum atomic E-state index is -0.494. The number of likely N-dealkylation sites (N-methyl/N-ethyl adjacent to an activating group) is 1. The molecular formula is C18H21F2N. The van der Waals surface area contributed by atoms with E-state index in [0.717, 1.165) is 5.56 Å². The highest BCUT2D eigenvalue weighted by atomic mass is 19.1. The Kier molecular flexibility index (Phi) is 5.07. The first-order valence-electron chi connectivity index (χ1n) is 7.29. The van der Waals surface area contributed by atoms with Crippen molar-refractivity contribution in [2.45, 2.75) is 32.7 Å².